The van der Waals surface area contributed by atoms with Crippen LogP contribution in [0.5, 0.6) is 5.75 Å². The van der Waals surface area contributed by atoms with Crippen LogP contribution in [-0.2, 0) is 4.79 Å². The zero-order valence-corrected chi connectivity index (χ0v) is 16.8. The Kier molecular flexibility index (Phi) is 5.95. The summed E-state index contributed by atoms with van der Waals surface area (Å²) in [5, 5.41) is 8.70. The molecule has 0 saturated carbocycles. The Morgan fingerprint density at radius 1 is 0.800 bits per heavy atom. The van der Waals surface area contributed by atoms with E-state index in [1.54, 1.807) is 7.11 Å². The Hall–Kier alpha value is -3.79. The largest absolute Gasteiger partial charge is 0.497 e. The van der Waals surface area contributed by atoms with E-state index >= 15 is 0 Å². The maximum Gasteiger partial charge on any atom is 0.240 e. The average Bonchev–Trinajstić information content (AvgIpc) is 2.82. The van der Waals surface area contributed by atoms with Gasteiger partial charge >= 0.3 is 0 Å². The lowest BCUT2D eigenvalue weighted by atomic mass is 9.98. The van der Waals surface area contributed by atoms with Crippen LogP contribution in [0.1, 0.15) is 17.2 Å². The number of anilines is 1. The molecule has 4 nitrogen and oxygen atoms in total. The summed E-state index contributed by atoms with van der Waals surface area (Å²) in [5.41, 5.74) is 2.95. The van der Waals surface area contributed by atoms with Crippen molar-refractivity contribution < 1.29 is 9.53 Å². The Labute approximate surface area is 176 Å². The third kappa shape index (κ3) is 4.61. The van der Waals surface area contributed by atoms with E-state index in [0.717, 1.165) is 28.0 Å². The second-order valence-corrected chi connectivity index (χ2v) is 7.10. The van der Waals surface area contributed by atoms with Crippen molar-refractivity contribution in [2.75, 3.05) is 19.0 Å². The molecule has 4 rings (SSSR count). The fourth-order valence-electron chi connectivity index (χ4n) is 3.49. The van der Waals surface area contributed by atoms with Crippen LogP contribution in [-0.4, -0.2) is 19.6 Å². The number of carbonyl (C=O) groups is 1. The molecule has 150 valence electrons. The number of nitrogens with one attached hydrogen (secondary N) is 2. The summed E-state index contributed by atoms with van der Waals surface area (Å²) in [6, 6.07) is 31.8. The molecule has 1 atom stereocenters. The number of carbonyl (C=O) groups excluding carboxylic acids is 1. The molecule has 4 heteroatoms. The lowest BCUT2D eigenvalue weighted by molar-refractivity contribution is -0.119. The van der Waals surface area contributed by atoms with Gasteiger partial charge in [0.05, 0.1) is 19.7 Å². The van der Waals surface area contributed by atoms with E-state index in [0.29, 0.717) is 0 Å². The Morgan fingerprint density at radius 3 is 2.20 bits per heavy atom. The van der Waals surface area contributed by atoms with Gasteiger partial charge < -0.3 is 15.4 Å². The quantitative estimate of drug-likeness (QED) is 0.453. The average molecular weight is 396 g/mol. The first kappa shape index (κ1) is 19.5. The molecular formula is C26H24N2O2. The lowest BCUT2D eigenvalue weighted by Crippen LogP contribution is -2.33. The molecule has 0 spiro atoms. The van der Waals surface area contributed by atoms with Crippen molar-refractivity contribution in [3.8, 4) is 5.75 Å². The lowest BCUT2D eigenvalue weighted by Gasteiger charge is -2.20. The molecule has 30 heavy (non-hydrogen) atoms. The van der Waals surface area contributed by atoms with Gasteiger partial charge in [0.1, 0.15) is 5.75 Å². The molecule has 0 aliphatic heterocycles. The SMILES string of the molecule is COc1ccc([C@@H](NC(=O)CNc2ccc3ccccc3c2)c2ccccc2)cc1. The maximum atomic E-state index is 12.8. The molecule has 0 fully saturated rings. The van der Waals surface area contributed by atoms with Gasteiger partial charge in [-0.2, -0.15) is 0 Å². The van der Waals surface area contributed by atoms with Gasteiger partial charge in [0, 0.05) is 5.69 Å². The Bertz CT molecular complexity index is 1120. The molecule has 2 N–H and O–H groups in total. The van der Waals surface area contributed by atoms with E-state index in [9.17, 15) is 4.79 Å². The molecule has 4 aromatic rings. The summed E-state index contributed by atoms with van der Waals surface area (Å²) in [4.78, 5) is 12.8. The molecule has 0 saturated heterocycles. The van der Waals surface area contributed by atoms with Crippen LogP contribution in [0.4, 0.5) is 5.69 Å². The van der Waals surface area contributed by atoms with Crippen molar-refractivity contribution in [1.82, 2.24) is 5.32 Å². The molecule has 1 amide bonds. The normalized spacial score (nSPS) is 11.6. The smallest absolute Gasteiger partial charge is 0.240 e. The minimum atomic E-state index is -0.233. The predicted octanol–water partition coefficient (Wildman–Crippen LogP) is 5.17. The van der Waals surface area contributed by atoms with Gasteiger partial charge in [-0.05, 0) is 46.2 Å². The number of fused-ring (bicyclic) bond motifs is 1. The van der Waals surface area contributed by atoms with Crippen LogP contribution < -0.4 is 15.4 Å². The summed E-state index contributed by atoms with van der Waals surface area (Å²) in [5.74, 6) is 0.711. The van der Waals surface area contributed by atoms with Crippen LogP contribution >= 0.6 is 0 Å². The second-order valence-electron chi connectivity index (χ2n) is 7.10. The summed E-state index contributed by atoms with van der Waals surface area (Å²) in [6.07, 6.45) is 0. The first-order chi connectivity index (χ1) is 14.7. The topological polar surface area (TPSA) is 50.4 Å². The van der Waals surface area contributed by atoms with Crippen molar-refractivity contribution in [3.05, 3.63) is 108 Å². The van der Waals surface area contributed by atoms with Gasteiger partial charge in [0.2, 0.25) is 5.91 Å². The Balaban J connectivity index is 1.48. The fourth-order valence-corrected chi connectivity index (χ4v) is 3.49. The zero-order valence-electron chi connectivity index (χ0n) is 16.8. The first-order valence-electron chi connectivity index (χ1n) is 9.94. The summed E-state index contributed by atoms with van der Waals surface area (Å²) in [7, 11) is 1.64. The van der Waals surface area contributed by atoms with Crippen molar-refractivity contribution >= 4 is 22.4 Å². The number of hydrogen-bond acceptors (Lipinski definition) is 3. The van der Waals surface area contributed by atoms with Crippen LogP contribution in [0.15, 0.2) is 97.1 Å². The highest BCUT2D eigenvalue weighted by Crippen LogP contribution is 2.24. The van der Waals surface area contributed by atoms with Crippen molar-refractivity contribution in [2.24, 2.45) is 0 Å². The number of ether oxygens (including phenoxy) is 1. The van der Waals surface area contributed by atoms with Gasteiger partial charge in [-0.3, -0.25) is 4.79 Å². The molecule has 0 bridgehead atoms. The molecule has 0 heterocycles. The van der Waals surface area contributed by atoms with Crippen molar-refractivity contribution in [2.45, 2.75) is 6.04 Å². The van der Waals surface area contributed by atoms with Crippen molar-refractivity contribution in [3.63, 3.8) is 0 Å². The minimum Gasteiger partial charge on any atom is -0.497 e. The van der Waals surface area contributed by atoms with E-state index in [1.165, 1.54) is 5.39 Å². The molecule has 0 aromatic heterocycles. The molecule has 0 unspecified atom stereocenters. The third-order valence-electron chi connectivity index (χ3n) is 5.09. The van der Waals surface area contributed by atoms with Gasteiger partial charge in [-0.1, -0.05) is 72.8 Å². The summed E-state index contributed by atoms with van der Waals surface area (Å²) < 4.78 is 5.26. The molecule has 0 radical (unpaired) electrons. The van der Waals surface area contributed by atoms with E-state index in [2.05, 4.69) is 34.9 Å². The van der Waals surface area contributed by atoms with Crippen LogP contribution in [0.25, 0.3) is 10.8 Å². The highest BCUT2D eigenvalue weighted by Gasteiger charge is 2.17. The van der Waals surface area contributed by atoms with Crippen molar-refractivity contribution in [1.29, 1.82) is 0 Å². The van der Waals surface area contributed by atoms with Crippen LogP contribution in [0, 0.1) is 0 Å². The monoisotopic (exact) mass is 396 g/mol. The molecule has 0 aliphatic carbocycles. The van der Waals surface area contributed by atoms with Crippen LogP contribution in [0.2, 0.25) is 0 Å². The highest BCUT2D eigenvalue weighted by atomic mass is 16.5. The summed E-state index contributed by atoms with van der Waals surface area (Å²) in [6.45, 7) is 0.192. The number of benzene rings is 4. The number of methoxy groups -OCH3 is 1. The predicted molar refractivity (Wildman–Crippen MR) is 122 cm³/mol. The highest BCUT2D eigenvalue weighted by molar-refractivity contribution is 5.87. The fraction of sp³-hybridized carbons (Fsp3) is 0.115. The van der Waals surface area contributed by atoms with E-state index in [1.807, 2.05) is 72.8 Å². The number of hydrogen-bond donors (Lipinski definition) is 2. The zero-order chi connectivity index (χ0) is 20.8. The van der Waals surface area contributed by atoms with E-state index in [-0.39, 0.29) is 18.5 Å². The number of amides is 1. The maximum absolute atomic E-state index is 12.8. The molecular weight excluding hydrogens is 372 g/mol. The number of rotatable bonds is 7. The first-order valence-corrected chi connectivity index (χ1v) is 9.94. The van der Waals surface area contributed by atoms with Crippen LogP contribution in [0.3, 0.4) is 0 Å². The van der Waals surface area contributed by atoms with Gasteiger partial charge in [-0.15, -0.1) is 0 Å². The third-order valence-corrected chi connectivity index (χ3v) is 5.09. The second kappa shape index (κ2) is 9.14. The van der Waals surface area contributed by atoms with Gasteiger partial charge in [0.25, 0.3) is 0 Å². The van der Waals surface area contributed by atoms with E-state index < -0.39 is 0 Å². The van der Waals surface area contributed by atoms with Gasteiger partial charge in [0.15, 0.2) is 0 Å². The van der Waals surface area contributed by atoms with E-state index in [4.69, 9.17) is 4.74 Å². The standard InChI is InChI=1S/C26H24N2O2/c1-30-24-15-12-21(13-16-24)26(20-8-3-2-4-9-20)28-25(29)18-27-23-14-11-19-7-5-6-10-22(19)17-23/h2-17,26-27H,18H2,1H3,(H,28,29)/t26-/m0/s1. The molecule has 4 aromatic carbocycles. The molecule has 0 aliphatic rings. The van der Waals surface area contributed by atoms with Gasteiger partial charge in [-0.25, -0.2) is 0 Å². The Morgan fingerprint density at radius 2 is 1.47 bits per heavy atom. The summed E-state index contributed by atoms with van der Waals surface area (Å²) >= 11 is 0. The minimum absolute atomic E-state index is 0.0761.